The highest BCUT2D eigenvalue weighted by atomic mass is 32.1. The van der Waals surface area contributed by atoms with E-state index in [0.29, 0.717) is 28.2 Å². The second kappa shape index (κ2) is 6.68. The summed E-state index contributed by atoms with van der Waals surface area (Å²) in [5, 5.41) is 11.8. The van der Waals surface area contributed by atoms with Gasteiger partial charge in [-0.1, -0.05) is 19.1 Å². The maximum absolute atomic E-state index is 13.1. The van der Waals surface area contributed by atoms with Gasteiger partial charge in [0.05, 0.1) is 12.5 Å². The zero-order valence-corrected chi connectivity index (χ0v) is 15.0. The summed E-state index contributed by atoms with van der Waals surface area (Å²) in [6.07, 6.45) is 0.307. The molecule has 0 radical (unpaired) electrons. The highest BCUT2D eigenvalue weighted by Crippen LogP contribution is 2.33. The molecule has 25 heavy (non-hydrogen) atoms. The maximum atomic E-state index is 13.1. The van der Waals surface area contributed by atoms with Crippen LogP contribution in [-0.2, 0) is 4.79 Å². The molecule has 7 heteroatoms. The van der Waals surface area contributed by atoms with Crippen LogP contribution in [0, 0.1) is 6.92 Å². The van der Waals surface area contributed by atoms with Gasteiger partial charge in [-0.05, 0) is 31.0 Å². The number of aromatic nitrogens is 2. The van der Waals surface area contributed by atoms with Gasteiger partial charge in [0.1, 0.15) is 22.4 Å². The minimum atomic E-state index is -1.04. The molecule has 1 atom stereocenters. The van der Waals surface area contributed by atoms with Crippen LogP contribution >= 0.6 is 11.3 Å². The zero-order chi connectivity index (χ0) is 18.1. The van der Waals surface area contributed by atoms with E-state index in [-0.39, 0.29) is 5.56 Å². The van der Waals surface area contributed by atoms with Gasteiger partial charge >= 0.3 is 5.97 Å². The minimum absolute atomic E-state index is 0.307. The number of carboxylic acid groups (broad SMARTS) is 1. The lowest BCUT2D eigenvalue weighted by atomic mass is 10.1. The summed E-state index contributed by atoms with van der Waals surface area (Å²) >= 11 is 1.37. The van der Waals surface area contributed by atoms with Crippen molar-refractivity contribution in [3.8, 4) is 16.9 Å². The summed E-state index contributed by atoms with van der Waals surface area (Å²) in [6.45, 7) is 3.41. The Kier molecular flexibility index (Phi) is 4.59. The number of thiophene rings is 1. The van der Waals surface area contributed by atoms with Gasteiger partial charge in [0, 0.05) is 10.9 Å². The molecule has 0 aliphatic heterocycles. The van der Waals surface area contributed by atoms with Crippen molar-refractivity contribution in [3.05, 3.63) is 45.8 Å². The van der Waals surface area contributed by atoms with Crippen LogP contribution in [0.1, 0.15) is 25.2 Å². The highest BCUT2D eigenvalue weighted by molar-refractivity contribution is 7.17. The topological polar surface area (TPSA) is 81.4 Å². The molecular weight excluding hydrogens is 340 g/mol. The van der Waals surface area contributed by atoms with Crippen LogP contribution in [0.2, 0.25) is 0 Å². The van der Waals surface area contributed by atoms with Gasteiger partial charge in [0.15, 0.2) is 0 Å². The Hall–Kier alpha value is -2.67. The van der Waals surface area contributed by atoms with E-state index in [1.54, 1.807) is 21.0 Å². The maximum Gasteiger partial charge on any atom is 0.326 e. The SMILES string of the molecule is CCC(C(=O)O)n1c(C)nc2scc(-c3cccc(OC)c3)c2c1=O. The van der Waals surface area contributed by atoms with E-state index in [4.69, 9.17) is 4.74 Å². The Morgan fingerprint density at radius 2 is 2.20 bits per heavy atom. The fourth-order valence-corrected chi connectivity index (χ4v) is 3.93. The number of ether oxygens (including phenoxy) is 1. The van der Waals surface area contributed by atoms with E-state index in [9.17, 15) is 14.7 Å². The molecule has 0 aliphatic carbocycles. The number of hydrogen-bond donors (Lipinski definition) is 1. The van der Waals surface area contributed by atoms with E-state index < -0.39 is 12.0 Å². The normalized spacial score (nSPS) is 12.3. The van der Waals surface area contributed by atoms with Crippen LogP contribution in [0.25, 0.3) is 21.3 Å². The van der Waals surface area contributed by atoms with E-state index in [2.05, 4.69) is 4.98 Å². The quantitative estimate of drug-likeness (QED) is 0.755. The van der Waals surface area contributed by atoms with E-state index >= 15 is 0 Å². The highest BCUT2D eigenvalue weighted by Gasteiger charge is 2.24. The molecule has 3 aromatic rings. The van der Waals surface area contributed by atoms with Crippen molar-refractivity contribution in [2.24, 2.45) is 0 Å². The lowest BCUT2D eigenvalue weighted by Crippen LogP contribution is -2.32. The predicted octanol–water partition coefficient (Wildman–Crippen LogP) is 3.48. The Labute approximate surface area is 148 Å². The molecule has 2 aromatic heterocycles. The zero-order valence-electron chi connectivity index (χ0n) is 14.1. The fourth-order valence-electron chi connectivity index (χ4n) is 2.94. The third kappa shape index (κ3) is 2.91. The average molecular weight is 358 g/mol. The van der Waals surface area contributed by atoms with Crippen LogP contribution in [0.3, 0.4) is 0 Å². The summed E-state index contributed by atoms with van der Waals surface area (Å²) in [7, 11) is 1.58. The molecule has 1 N–H and O–H groups in total. The molecule has 1 unspecified atom stereocenters. The first-order chi connectivity index (χ1) is 12.0. The van der Waals surface area contributed by atoms with Crippen LogP contribution in [0.4, 0.5) is 0 Å². The van der Waals surface area contributed by atoms with Crippen molar-refractivity contribution in [3.63, 3.8) is 0 Å². The monoisotopic (exact) mass is 358 g/mol. The number of carbonyl (C=O) groups is 1. The molecule has 0 aliphatic rings. The Morgan fingerprint density at radius 3 is 2.84 bits per heavy atom. The lowest BCUT2D eigenvalue weighted by molar-refractivity contribution is -0.141. The van der Waals surface area contributed by atoms with E-state index in [1.165, 1.54) is 15.9 Å². The first kappa shape index (κ1) is 17.2. The molecule has 0 amide bonds. The van der Waals surface area contributed by atoms with Crippen LogP contribution in [-0.4, -0.2) is 27.7 Å². The van der Waals surface area contributed by atoms with Crippen molar-refractivity contribution >= 4 is 27.5 Å². The number of hydrogen-bond acceptors (Lipinski definition) is 5. The van der Waals surface area contributed by atoms with Gasteiger partial charge < -0.3 is 9.84 Å². The summed E-state index contributed by atoms with van der Waals surface area (Å²) in [5.41, 5.74) is 1.25. The Bertz CT molecular complexity index is 1010. The third-order valence-corrected chi connectivity index (χ3v) is 5.05. The molecular formula is C18H18N2O4S. The van der Waals surface area contributed by atoms with E-state index in [0.717, 1.165) is 11.1 Å². The second-order valence-corrected chi connectivity index (χ2v) is 6.52. The van der Waals surface area contributed by atoms with Crippen LogP contribution in [0.15, 0.2) is 34.4 Å². The van der Waals surface area contributed by atoms with Crippen molar-refractivity contribution in [1.29, 1.82) is 0 Å². The number of rotatable bonds is 5. The molecule has 0 fully saturated rings. The number of nitrogens with zero attached hydrogens (tertiary/aromatic N) is 2. The number of fused-ring (bicyclic) bond motifs is 1. The van der Waals surface area contributed by atoms with Gasteiger partial charge in [-0.15, -0.1) is 11.3 Å². The fraction of sp³-hybridized carbons (Fsp3) is 0.278. The lowest BCUT2D eigenvalue weighted by Gasteiger charge is -2.16. The van der Waals surface area contributed by atoms with Gasteiger partial charge in [-0.3, -0.25) is 9.36 Å². The number of aryl methyl sites for hydroxylation is 1. The summed E-state index contributed by atoms with van der Waals surface area (Å²) in [5.74, 6) is 0.0621. The molecule has 130 valence electrons. The summed E-state index contributed by atoms with van der Waals surface area (Å²) < 4.78 is 6.53. The minimum Gasteiger partial charge on any atom is -0.497 e. The van der Waals surface area contributed by atoms with Crippen LogP contribution in [0.5, 0.6) is 5.75 Å². The number of aliphatic carboxylic acids is 1. The average Bonchev–Trinajstić information content (AvgIpc) is 3.02. The molecule has 6 nitrogen and oxygen atoms in total. The van der Waals surface area contributed by atoms with E-state index in [1.807, 2.05) is 29.6 Å². The van der Waals surface area contributed by atoms with Crippen molar-refractivity contribution < 1.29 is 14.6 Å². The number of methoxy groups -OCH3 is 1. The molecule has 0 saturated carbocycles. The molecule has 3 rings (SSSR count). The smallest absolute Gasteiger partial charge is 0.326 e. The summed E-state index contributed by atoms with van der Waals surface area (Å²) in [4.78, 5) is 29.7. The van der Waals surface area contributed by atoms with Gasteiger partial charge in [0.2, 0.25) is 0 Å². The molecule has 0 bridgehead atoms. The third-order valence-electron chi connectivity index (χ3n) is 4.18. The van der Waals surface area contributed by atoms with Gasteiger partial charge in [0.25, 0.3) is 5.56 Å². The van der Waals surface area contributed by atoms with Gasteiger partial charge in [-0.25, -0.2) is 9.78 Å². The Balaban J connectivity index is 2.30. The second-order valence-electron chi connectivity index (χ2n) is 5.66. The van der Waals surface area contributed by atoms with Crippen molar-refractivity contribution in [1.82, 2.24) is 9.55 Å². The number of carboxylic acids is 1. The first-order valence-corrected chi connectivity index (χ1v) is 8.73. The molecule has 2 heterocycles. The van der Waals surface area contributed by atoms with Crippen molar-refractivity contribution in [2.75, 3.05) is 7.11 Å². The predicted molar refractivity (Wildman–Crippen MR) is 97.6 cm³/mol. The first-order valence-electron chi connectivity index (χ1n) is 7.85. The van der Waals surface area contributed by atoms with Gasteiger partial charge in [-0.2, -0.15) is 0 Å². The molecule has 1 aromatic carbocycles. The summed E-state index contributed by atoms with van der Waals surface area (Å²) in [6, 6.07) is 6.49. The largest absolute Gasteiger partial charge is 0.497 e. The molecule has 0 spiro atoms. The van der Waals surface area contributed by atoms with Crippen molar-refractivity contribution in [2.45, 2.75) is 26.3 Å². The van der Waals surface area contributed by atoms with Crippen LogP contribution < -0.4 is 10.3 Å². The Morgan fingerprint density at radius 1 is 1.44 bits per heavy atom. The number of benzene rings is 1. The standard InChI is InChI=1S/C18H18N2O4S/c1-4-14(18(22)23)20-10(2)19-16-15(17(20)21)13(9-25-16)11-6-5-7-12(8-11)24-3/h5-9,14H,4H2,1-3H3,(H,22,23). The molecule has 0 saturated heterocycles.